The van der Waals surface area contributed by atoms with Gasteiger partial charge >= 0.3 is 6.61 Å². The Morgan fingerprint density at radius 2 is 2.23 bits per heavy atom. The Labute approximate surface area is 129 Å². The third kappa shape index (κ3) is 4.66. The van der Waals surface area contributed by atoms with Gasteiger partial charge in [-0.3, -0.25) is 4.79 Å². The Kier molecular flexibility index (Phi) is 6.12. The molecule has 1 aromatic carbocycles. The molecule has 0 aromatic heterocycles. The van der Waals surface area contributed by atoms with Crippen molar-refractivity contribution < 1.29 is 18.3 Å². The van der Waals surface area contributed by atoms with Gasteiger partial charge in [0.1, 0.15) is 5.75 Å². The zero-order valence-electron chi connectivity index (χ0n) is 12.7. The first-order valence-corrected chi connectivity index (χ1v) is 7.55. The van der Waals surface area contributed by atoms with E-state index in [1.807, 2.05) is 11.9 Å². The third-order valence-electron chi connectivity index (χ3n) is 3.89. The number of benzene rings is 1. The minimum absolute atomic E-state index is 0.0360. The first-order chi connectivity index (χ1) is 10.6. The number of rotatable bonds is 6. The Balaban J connectivity index is 1.99. The fourth-order valence-electron chi connectivity index (χ4n) is 2.88. The fourth-order valence-corrected chi connectivity index (χ4v) is 2.88. The summed E-state index contributed by atoms with van der Waals surface area (Å²) in [4.78, 5) is 14.2. The van der Waals surface area contributed by atoms with Crippen LogP contribution < -0.4 is 10.1 Å². The molecule has 0 radical (unpaired) electrons. The highest BCUT2D eigenvalue weighted by molar-refractivity contribution is 5.79. The van der Waals surface area contributed by atoms with Crippen molar-refractivity contribution >= 4 is 5.91 Å². The smallest absolute Gasteiger partial charge is 0.387 e. The molecule has 6 heteroatoms. The summed E-state index contributed by atoms with van der Waals surface area (Å²) in [5, 5.41) is 3.14. The predicted octanol–water partition coefficient (Wildman–Crippen LogP) is 2.29. The van der Waals surface area contributed by atoms with Gasteiger partial charge in [0, 0.05) is 18.7 Å². The summed E-state index contributed by atoms with van der Waals surface area (Å²) < 4.78 is 29.3. The van der Waals surface area contributed by atoms with Crippen molar-refractivity contribution in [2.75, 3.05) is 26.7 Å². The molecule has 1 aromatic rings. The number of para-hydroxylation sites is 1. The van der Waals surface area contributed by atoms with Crippen molar-refractivity contribution in [3.63, 3.8) is 0 Å². The highest BCUT2D eigenvalue weighted by Gasteiger charge is 2.24. The lowest BCUT2D eigenvalue weighted by Gasteiger charge is -2.33. The Morgan fingerprint density at radius 3 is 2.95 bits per heavy atom. The number of nitrogens with one attached hydrogen (secondary N) is 1. The fraction of sp³-hybridized carbons (Fsp3) is 0.562. The average Bonchev–Trinajstić information content (AvgIpc) is 2.49. The van der Waals surface area contributed by atoms with Crippen molar-refractivity contribution in [3.05, 3.63) is 29.8 Å². The van der Waals surface area contributed by atoms with Crippen LogP contribution in [0.1, 0.15) is 18.4 Å². The number of halogens is 2. The van der Waals surface area contributed by atoms with Crippen LogP contribution in [0.3, 0.4) is 0 Å². The third-order valence-corrected chi connectivity index (χ3v) is 3.89. The second kappa shape index (κ2) is 8.08. The molecular weight excluding hydrogens is 290 g/mol. The predicted molar refractivity (Wildman–Crippen MR) is 80.0 cm³/mol. The molecule has 1 atom stereocenters. The maximum atomic E-state index is 12.4. The number of nitrogens with zero attached hydrogens (tertiary/aromatic N) is 1. The van der Waals surface area contributed by atoms with E-state index in [0.29, 0.717) is 11.5 Å². The van der Waals surface area contributed by atoms with Crippen LogP contribution in [0.15, 0.2) is 24.3 Å². The van der Waals surface area contributed by atoms with E-state index in [2.05, 4.69) is 10.1 Å². The number of ether oxygens (including phenoxy) is 1. The van der Waals surface area contributed by atoms with Crippen LogP contribution in [0.4, 0.5) is 8.78 Å². The average molecular weight is 312 g/mol. The minimum atomic E-state index is -2.88. The molecule has 0 bridgehead atoms. The molecule has 1 aliphatic heterocycles. The van der Waals surface area contributed by atoms with Gasteiger partial charge in [0.25, 0.3) is 0 Å². The van der Waals surface area contributed by atoms with Crippen LogP contribution in [0.2, 0.25) is 0 Å². The largest absolute Gasteiger partial charge is 0.435 e. The van der Waals surface area contributed by atoms with Gasteiger partial charge in [-0.15, -0.1) is 0 Å². The van der Waals surface area contributed by atoms with Crippen molar-refractivity contribution in [2.24, 2.45) is 5.92 Å². The van der Waals surface area contributed by atoms with Gasteiger partial charge in [0.05, 0.1) is 6.42 Å². The van der Waals surface area contributed by atoms with Gasteiger partial charge in [-0.05, 0) is 38.4 Å². The van der Waals surface area contributed by atoms with E-state index in [1.165, 1.54) is 6.07 Å². The normalized spacial score (nSPS) is 18.5. The van der Waals surface area contributed by atoms with Crippen LogP contribution in [0, 0.1) is 5.92 Å². The molecule has 22 heavy (non-hydrogen) atoms. The Hall–Kier alpha value is -1.69. The highest BCUT2D eigenvalue weighted by Crippen LogP contribution is 2.23. The lowest BCUT2D eigenvalue weighted by atomic mass is 9.97. The van der Waals surface area contributed by atoms with E-state index in [9.17, 15) is 13.6 Å². The molecule has 0 aliphatic carbocycles. The van der Waals surface area contributed by atoms with Gasteiger partial charge in [-0.2, -0.15) is 8.78 Å². The maximum absolute atomic E-state index is 12.4. The molecule has 4 nitrogen and oxygen atoms in total. The second-order valence-corrected chi connectivity index (χ2v) is 5.57. The quantitative estimate of drug-likeness (QED) is 0.876. The molecule has 1 aliphatic rings. The molecule has 2 rings (SSSR count). The SMILES string of the molecule is CNCC1CCCN(C(=O)Cc2ccccc2OC(F)F)C1. The highest BCUT2D eigenvalue weighted by atomic mass is 19.3. The van der Waals surface area contributed by atoms with Crippen molar-refractivity contribution in [2.45, 2.75) is 25.9 Å². The van der Waals surface area contributed by atoms with Gasteiger partial charge in [-0.1, -0.05) is 18.2 Å². The van der Waals surface area contributed by atoms with E-state index in [1.54, 1.807) is 18.2 Å². The van der Waals surface area contributed by atoms with E-state index in [0.717, 1.165) is 32.5 Å². The summed E-state index contributed by atoms with van der Waals surface area (Å²) in [6, 6.07) is 6.47. The van der Waals surface area contributed by atoms with E-state index in [-0.39, 0.29) is 18.1 Å². The molecule has 1 unspecified atom stereocenters. The molecule has 1 N–H and O–H groups in total. The number of amides is 1. The van der Waals surface area contributed by atoms with E-state index in [4.69, 9.17) is 0 Å². The first kappa shape index (κ1) is 16.7. The van der Waals surface area contributed by atoms with Gasteiger partial charge in [0.2, 0.25) is 5.91 Å². The zero-order chi connectivity index (χ0) is 15.9. The van der Waals surface area contributed by atoms with Gasteiger partial charge in [-0.25, -0.2) is 0 Å². The molecule has 1 saturated heterocycles. The van der Waals surface area contributed by atoms with Gasteiger partial charge < -0.3 is 15.0 Å². The number of hydrogen-bond acceptors (Lipinski definition) is 3. The summed E-state index contributed by atoms with van der Waals surface area (Å²) in [6.07, 6.45) is 2.18. The minimum Gasteiger partial charge on any atom is -0.435 e. The van der Waals surface area contributed by atoms with Crippen molar-refractivity contribution in [3.8, 4) is 5.75 Å². The summed E-state index contributed by atoms with van der Waals surface area (Å²) in [6.45, 7) is -0.546. The Bertz CT molecular complexity index is 495. The lowest BCUT2D eigenvalue weighted by Crippen LogP contribution is -2.43. The first-order valence-electron chi connectivity index (χ1n) is 7.55. The second-order valence-electron chi connectivity index (χ2n) is 5.57. The summed E-state index contributed by atoms with van der Waals surface area (Å²) in [7, 11) is 1.90. The summed E-state index contributed by atoms with van der Waals surface area (Å²) in [5.41, 5.74) is 0.503. The molecule has 0 saturated carbocycles. The van der Waals surface area contributed by atoms with Crippen LogP contribution in [-0.4, -0.2) is 44.1 Å². The standard InChI is InChI=1S/C16H22F2N2O2/c1-19-10-12-5-4-8-20(11-12)15(21)9-13-6-2-3-7-14(13)22-16(17)18/h2-3,6-7,12,16,19H,4-5,8-11H2,1H3. The number of alkyl halides is 2. The van der Waals surface area contributed by atoms with Crippen LogP contribution in [0.5, 0.6) is 5.75 Å². The van der Waals surface area contributed by atoms with Gasteiger partial charge in [0.15, 0.2) is 0 Å². The molecule has 1 fully saturated rings. The molecule has 0 spiro atoms. The van der Waals surface area contributed by atoms with Crippen molar-refractivity contribution in [1.29, 1.82) is 0 Å². The van der Waals surface area contributed by atoms with Crippen molar-refractivity contribution in [1.82, 2.24) is 10.2 Å². The number of carbonyl (C=O) groups excluding carboxylic acids is 1. The van der Waals surface area contributed by atoms with E-state index >= 15 is 0 Å². The molecule has 1 amide bonds. The van der Waals surface area contributed by atoms with Crippen LogP contribution >= 0.6 is 0 Å². The van der Waals surface area contributed by atoms with Crippen LogP contribution in [0.25, 0.3) is 0 Å². The molecular formula is C16H22F2N2O2. The number of hydrogen-bond donors (Lipinski definition) is 1. The summed E-state index contributed by atoms with van der Waals surface area (Å²) in [5.74, 6) is 0.496. The zero-order valence-corrected chi connectivity index (χ0v) is 12.7. The molecule has 122 valence electrons. The Morgan fingerprint density at radius 1 is 1.45 bits per heavy atom. The molecule has 1 heterocycles. The lowest BCUT2D eigenvalue weighted by molar-refractivity contribution is -0.132. The topological polar surface area (TPSA) is 41.6 Å². The summed E-state index contributed by atoms with van der Waals surface area (Å²) >= 11 is 0. The van der Waals surface area contributed by atoms with Crippen LogP contribution in [-0.2, 0) is 11.2 Å². The maximum Gasteiger partial charge on any atom is 0.387 e. The number of carbonyl (C=O) groups is 1. The number of likely N-dealkylation sites (tertiary alicyclic amines) is 1. The van der Waals surface area contributed by atoms with E-state index < -0.39 is 6.61 Å². The number of piperidine rings is 1. The monoisotopic (exact) mass is 312 g/mol.